The third-order valence-electron chi connectivity index (χ3n) is 4.00. The van der Waals surface area contributed by atoms with Gasteiger partial charge in [0.05, 0.1) is 4.92 Å². The van der Waals surface area contributed by atoms with Crippen LogP contribution in [0.1, 0.15) is 27.2 Å². The van der Waals surface area contributed by atoms with E-state index in [0.717, 1.165) is 11.3 Å². The topological polar surface area (TPSA) is 114 Å². The van der Waals surface area contributed by atoms with Crippen LogP contribution in [0, 0.1) is 10.1 Å². The largest absolute Gasteiger partial charge is 0.352 e. The molecule has 0 saturated heterocycles. The molecule has 1 heterocycles. The molecular weight excluding hydrogens is 392 g/mol. The van der Waals surface area contributed by atoms with Gasteiger partial charge in [0.1, 0.15) is 0 Å². The number of hydrogen-bond donors (Lipinski definition) is 2. The Labute approximate surface area is 170 Å². The number of carbonyl (C=O) groups excluding carboxylic acids is 2. The van der Waals surface area contributed by atoms with Crippen molar-refractivity contribution in [3.8, 4) is 0 Å². The highest BCUT2D eigenvalue weighted by Crippen LogP contribution is 2.21. The first-order valence-electron chi connectivity index (χ1n) is 8.82. The van der Waals surface area contributed by atoms with E-state index < -0.39 is 10.8 Å². The number of nitrogens with zero attached hydrogens (tertiary/aromatic N) is 2. The summed E-state index contributed by atoms with van der Waals surface area (Å²) in [6, 6.07) is 15.2. The number of anilines is 1. The van der Waals surface area contributed by atoms with Gasteiger partial charge in [0.25, 0.3) is 11.6 Å². The first-order chi connectivity index (χ1) is 14.0. The van der Waals surface area contributed by atoms with Crippen LogP contribution >= 0.6 is 11.3 Å². The van der Waals surface area contributed by atoms with Gasteiger partial charge in [-0.25, -0.2) is 4.98 Å². The fraction of sp³-hybridized carbons (Fsp3) is 0.150. The summed E-state index contributed by atoms with van der Waals surface area (Å²) >= 11 is 1.41. The molecule has 8 nitrogen and oxygen atoms in total. The highest BCUT2D eigenvalue weighted by atomic mass is 32.1. The Bertz CT molecular complexity index is 1000. The molecule has 148 valence electrons. The number of nitro groups is 1. The minimum atomic E-state index is -0.532. The Balaban J connectivity index is 1.43. The normalized spacial score (nSPS) is 10.3. The van der Waals surface area contributed by atoms with Gasteiger partial charge in [0.2, 0.25) is 5.91 Å². The number of hydrogen-bond acceptors (Lipinski definition) is 6. The van der Waals surface area contributed by atoms with Crippen LogP contribution in [-0.4, -0.2) is 28.3 Å². The van der Waals surface area contributed by atoms with Crippen LogP contribution in [-0.2, 0) is 11.2 Å². The molecule has 0 radical (unpaired) electrons. The lowest BCUT2D eigenvalue weighted by Crippen LogP contribution is -2.27. The zero-order valence-corrected chi connectivity index (χ0v) is 16.1. The maximum Gasteiger partial charge on any atom is 0.269 e. The van der Waals surface area contributed by atoms with Crippen molar-refractivity contribution in [2.45, 2.75) is 12.8 Å². The van der Waals surface area contributed by atoms with Gasteiger partial charge in [-0.1, -0.05) is 30.3 Å². The Morgan fingerprint density at radius 3 is 2.48 bits per heavy atom. The fourth-order valence-electron chi connectivity index (χ4n) is 2.55. The minimum Gasteiger partial charge on any atom is -0.352 e. The van der Waals surface area contributed by atoms with Gasteiger partial charge in [-0.3, -0.25) is 19.7 Å². The summed E-state index contributed by atoms with van der Waals surface area (Å²) < 4.78 is 0. The van der Waals surface area contributed by atoms with E-state index in [0.29, 0.717) is 10.7 Å². The maximum atomic E-state index is 12.0. The molecule has 2 amide bonds. The van der Waals surface area contributed by atoms with Gasteiger partial charge < -0.3 is 10.6 Å². The van der Waals surface area contributed by atoms with E-state index in [-0.39, 0.29) is 24.6 Å². The number of non-ortho nitro benzene ring substituents is 1. The van der Waals surface area contributed by atoms with Crippen molar-refractivity contribution in [1.82, 2.24) is 10.3 Å². The number of rotatable bonds is 8. The summed E-state index contributed by atoms with van der Waals surface area (Å²) in [7, 11) is 0. The van der Waals surface area contributed by atoms with Gasteiger partial charge in [-0.05, 0) is 17.7 Å². The van der Waals surface area contributed by atoms with E-state index in [1.54, 1.807) is 6.20 Å². The van der Waals surface area contributed by atoms with Crippen molar-refractivity contribution in [1.29, 1.82) is 0 Å². The Morgan fingerprint density at radius 2 is 1.79 bits per heavy atom. The van der Waals surface area contributed by atoms with Crippen LogP contribution in [0.15, 0.2) is 60.8 Å². The molecule has 3 rings (SSSR count). The Hall–Kier alpha value is -3.59. The van der Waals surface area contributed by atoms with Gasteiger partial charge in [-0.15, -0.1) is 11.3 Å². The number of amides is 2. The predicted octanol–water partition coefficient (Wildman–Crippen LogP) is 3.40. The second kappa shape index (κ2) is 9.56. The molecule has 0 fully saturated rings. The molecule has 29 heavy (non-hydrogen) atoms. The maximum absolute atomic E-state index is 12.0. The predicted molar refractivity (Wildman–Crippen MR) is 110 cm³/mol. The van der Waals surface area contributed by atoms with Crippen LogP contribution < -0.4 is 10.6 Å². The second-order valence-electron chi connectivity index (χ2n) is 6.15. The van der Waals surface area contributed by atoms with E-state index >= 15 is 0 Å². The quantitative estimate of drug-likeness (QED) is 0.436. The van der Waals surface area contributed by atoms with Crippen molar-refractivity contribution in [3.05, 3.63) is 86.9 Å². The van der Waals surface area contributed by atoms with Crippen LogP contribution in [0.25, 0.3) is 0 Å². The van der Waals surface area contributed by atoms with E-state index in [1.807, 2.05) is 30.3 Å². The van der Waals surface area contributed by atoms with E-state index in [2.05, 4.69) is 15.6 Å². The van der Waals surface area contributed by atoms with Crippen molar-refractivity contribution in [2.24, 2.45) is 0 Å². The average molecular weight is 410 g/mol. The molecular formula is C20H18N4O4S. The fourth-order valence-corrected chi connectivity index (χ4v) is 3.41. The second-order valence-corrected chi connectivity index (χ2v) is 7.27. The van der Waals surface area contributed by atoms with Gasteiger partial charge in [0, 0.05) is 48.2 Å². The smallest absolute Gasteiger partial charge is 0.269 e. The SMILES string of the molecule is O=C(CCNC(=O)c1ccc([N+](=O)[O-])cc1)Nc1ncc(Cc2ccccc2)s1. The lowest BCUT2D eigenvalue weighted by atomic mass is 10.1. The summed E-state index contributed by atoms with van der Waals surface area (Å²) in [5.41, 5.74) is 1.38. The number of carbonyl (C=O) groups is 2. The van der Waals surface area contributed by atoms with Crippen LogP contribution in [0.4, 0.5) is 10.8 Å². The molecule has 0 aliphatic carbocycles. The summed E-state index contributed by atoms with van der Waals surface area (Å²) in [5.74, 6) is -0.651. The molecule has 9 heteroatoms. The van der Waals surface area contributed by atoms with Gasteiger partial charge in [0.15, 0.2) is 5.13 Å². The third-order valence-corrected chi connectivity index (χ3v) is 4.91. The highest BCUT2D eigenvalue weighted by Gasteiger charge is 2.11. The molecule has 0 spiro atoms. The highest BCUT2D eigenvalue weighted by molar-refractivity contribution is 7.15. The molecule has 2 aromatic carbocycles. The standard InChI is InChI=1S/C20H18N4O4S/c25-18(10-11-21-19(26)15-6-8-16(9-7-15)24(27)28)23-20-22-13-17(29-20)12-14-4-2-1-3-5-14/h1-9,13H,10-12H2,(H,21,26)(H,22,23,25). The van der Waals surface area contributed by atoms with Gasteiger partial charge in [-0.2, -0.15) is 0 Å². The van der Waals surface area contributed by atoms with Crippen molar-refractivity contribution in [3.63, 3.8) is 0 Å². The van der Waals surface area contributed by atoms with E-state index in [1.165, 1.54) is 41.2 Å². The molecule has 2 N–H and O–H groups in total. The van der Waals surface area contributed by atoms with E-state index in [4.69, 9.17) is 0 Å². The minimum absolute atomic E-state index is 0.0870. The van der Waals surface area contributed by atoms with Crippen molar-refractivity contribution < 1.29 is 14.5 Å². The zero-order valence-electron chi connectivity index (χ0n) is 15.3. The summed E-state index contributed by atoms with van der Waals surface area (Å²) in [6.45, 7) is 0.143. The monoisotopic (exact) mass is 410 g/mol. The summed E-state index contributed by atoms with van der Waals surface area (Å²) in [4.78, 5) is 39.4. The average Bonchev–Trinajstić information content (AvgIpc) is 3.15. The number of thiazole rings is 1. The molecule has 1 aromatic heterocycles. The van der Waals surface area contributed by atoms with Crippen LogP contribution in [0.2, 0.25) is 0 Å². The molecule has 0 saturated carbocycles. The first kappa shape index (κ1) is 20.2. The lowest BCUT2D eigenvalue weighted by molar-refractivity contribution is -0.384. The van der Waals surface area contributed by atoms with Crippen molar-refractivity contribution >= 4 is 34.0 Å². The molecule has 0 atom stereocenters. The lowest BCUT2D eigenvalue weighted by Gasteiger charge is -2.05. The van der Waals surface area contributed by atoms with E-state index in [9.17, 15) is 19.7 Å². The number of nitrogens with one attached hydrogen (secondary N) is 2. The molecule has 0 aliphatic heterocycles. The summed E-state index contributed by atoms with van der Waals surface area (Å²) in [6.07, 6.45) is 2.58. The molecule has 0 aliphatic rings. The number of aromatic nitrogens is 1. The number of nitro benzene ring substituents is 1. The molecule has 3 aromatic rings. The Kier molecular flexibility index (Phi) is 6.64. The number of benzene rings is 2. The van der Waals surface area contributed by atoms with Crippen molar-refractivity contribution in [2.75, 3.05) is 11.9 Å². The summed E-state index contributed by atoms with van der Waals surface area (Å²) in [5, 5.41) is 16.5. The van der Waals surface area contributed by atoms with Crippen LogP contribution in [0.3, 0.4) is 0 Å². The third kappa shape index (κ3) is 5.94. The van der Waals surface area contributed by atoms with Crippen LogP contribution in [0.5, 0.6) is 0 Å². The Morgan fingerprint density at radius 1 is 1.07 bits per heavy atom. The zero-order chi connectivity index (χ0) is 20.6. The molecule has 0 bridgehead atoms. The van der Waals surface area contributed by atoms with Gasteiger partial charge >= 0.3 is 0 Å². The first-order valence-corrected chi connectivity index (χ1v) is 9.64. The molecule has 0 unspecified atom stereocenters.